The molecule has 96 valence electrons. The summed E-state index contributed by atoms with van der Waals surface area (Å²) in [5, 5.41) is 3.09. The molecule has 0 amide bonds. The molecule has 1 unspecified atom stereocenters. The fraction of sp³-hybridized carbons (Fsp3) is 0.538. The molecule has 0 bridgehead atoms. The fourth-order valence-electron chi connectivity index (χ4n) is 1.72. The van der Waals surface area contributed by atoms with Gasteiger partial charge in [0.25, 0.3) is 0 Å². The van der Waals surface area contributed by atoms with Crippen LogP contribution in [0.1, 0.15) is 24.9 Å². The van der Waals surface area contributed by atoms with Crippen LogP contribution in [0.2, 0.25) is 0 Å². The minimum atomic E-state index is -0.250. The van der Waals surface area contributed by atoms with Gasteiger partial charge in [-0.2, -0.15) is 0 Å². The van der Waals surface area contributed by atoms with E-state index < -0.39 is 0 Å². The molecule has 0 aromatic heterocycles. The Kier molecular flexibility index (Phi) is 5.94. The normalized spacial score (nSPS) is 12.5. The van der Waals surface area contributed by atoms with Gasteiger partial charge in [-0.3, -0.25) is 0 Å². The molecule has 0 aliphatic heterocycles. The highest BCUT2D eigenvalue weighted by molar-refractivity contribution is 5.30. The highest BCUT2D eigenvalue weighted by Crippen LogP contribution is 2.23. The molecule has 17 heavy (non-hydrogen) atoms. The van der Waals surface area contributed by atoms with Crippen molar-refractivity contribution < 1.29 is 13.9 Å². The zero-order valence-electron chi connectivity index (χ0n) is 10.6. The van der Waals surface area contributed by atoms with Crippen LogP contribution in [0.25, 0.3) is 0 Å². The van der Waals surface area contributed by atoms with Crippen molar-refractivity contribution in [1.29, 1.82) is 0 Å². The van der Waals surface area contributed by atoms with E-state index in [0.29, 0.717) is 24.5 Å². The lowest BCUT2D eigenvalue weighted by Gasteiger charge is -2.17. The molecule has 0 fully saturated rings. The number of methoxy groups -OCH3 is 1. The average molecular weight is 241 g/mol. The molecule has 1 aromatic rings. The molecule has 4 heteroatoms. The quantitative estimate of drug-likeness (QED) is 0.744. The largest absolute Gasteiger partial charge is 0.497 e. The zero-order valence-corrected chi connectivity index (χ0v) is 10.6. The number of rotatable bonds is 7. The average Bonchev–Trinajstić information content (AvgIpc) is 2.35. The van der Waals surface area contributed by atoms with Crippen LogP contribution in [0.15, 0.2) is 18.2 Å². The first-order valence-corrected chi connectivity index (χ1v) is 5.81. The van der Waals surface area contributed by atoms with E-state index in [9.17, 15) is 4.39 Å². The minimum Gasteiger partial charge on any atom is -0.497 e. The van der Waals surface area contributed by atoms with Crippen molar-refractivity contribution in [3.8, 4) is 5.75 Å². The van der Waals surface area contributed by atoms with Crippen LogP contribution in [0.3, 0.4) is 0 Å². The Morgan fingerprint density at radius 1 is 1.41 bits per heavy atom. The molecule has 0 saturated carbocycles. The predicted octanol–water partition coefficient (Wildman–Crippen LogP) is 2.52. The Bertz CT molecular complexity index is 344. The lowest BCUT2D eigenvalue weighted by molar-refractivity contribution is 0.137. The van der Waals surface area contributed by atoms with E-state index in [1.807, 2.05) is 14.0 Å². The van der Waals surface area contributed by atoms with Crippen molar-refractivity contribution in [3.63, 3.8) is 0 Å². The molecule has 1 N–H and O–H groups in total. The molecule has 0 radical (unpaired) electrons. The third kappa shape index (κ3) is 3.98. The first kappa shape index (κ1) is 13.9. The van der Waals surface area contributed by atoms with Gasteiger partial charge in [0.1, 0.15) is 11.6 Å². The van der Waals surface area contributed by atoms with Gasteiger partial charge in [0.2, 0.25) is 0 Å². The van der Waals surface area contributed by atoms with Crippen LogP contribution >= 0.6 is 0 Å². The second-order valence-electron chi connectivity index (χ2n) is 3.71. The zero-order chi connectivity index (χ0) is 12.7. The summed E-state index contributed by atoms with van der Waals surface area (Å²) in [6.45, 7) is 3.25. The van der Waals surface area contributed by atoms with E-state index in [-0.39, 0.29) is 11.9 Å². The number of ether oxygens (including phenoxy) is 2. The summed E-state index contributed by atoms with van der Waals surface area (Å²) in [5.41, 5.74) is 0.646. The Labute approximate surface area is 102 Å². The molecule has 0 aliphatic carbocycles. The topological polar surface area (TPSA) is 30.5 Å². The van der Waals surface area contributed by atoms with E-state index in [1.165, 1.54) is 13.2 Å². The molecule has 0 spiro atoms. The van der Waals surface area contributed by atoms with Gasteiger partial charge in [0.05, 0.1) is 7.11 Å². The van der Waals surface area contributed by atoms with Crippen LogP contribution in [-0.2, 0) is 4.74 Å². The van der Waals surface area contributed by atoms with Crippen molar-refractivity contribution in [2.75, 3.05) is 27.4 Å². The van der Waals surface area contributed by atoms with Gasteiger partial charge in [-0.05, 0) is 26.5 Å². The summed E-state index contributed by atoms with van der Waals surface area (Å²) in [6, 6.07) is 4.89. The molecule has 3 nitrogen and oxygen atoms in total. The van der Waals surface area contributed by atoms with E-state index in [2.05, 4.69) is 5.32 Å². The number of halogens is 1. The van der Waals surface area contributed by atoms with Crippen LogP contribution in [0.5, 0.6) is 5.75 Å². The van der Waals surface area contributed by atoms with E-state index >= 15 is 0 Å². The Hall–Kier alpha value is -1.13. The number of nitrogens with one attached hydrogen (secondary N) is 1. The standard InChI is InChI=1S/C13H20FNO2/c1-4-17-8-7-13(15-2)11-6-5-10(16-3)9-12(11)14/h5-6,9,13,15H,4,7-8H2,1-3H3. The summed E-state index contributed by atoms with van der Waals surface area (Å²) in [5.74, 6) is 0.283. The molecule has 1 aromatic carbocycles. The fourth-order valence-corrected chi connectivity index (χ4v) is 1.72. The second kappa shape index (κ2) is 7.25. The van der Waals surface area contributed by atoms with Crippen LogP contribution in [-0.4, -0.2) is 27.4 Å². The number of benzene rings is 1. The molecular weight excluding hydrogens is 221 g/mol. The van der Waals surface area contributed by atoms with Gasteiger partial charge in [0.15, 0.2) is 0 Å². The maximum absolute atomic E-state index is 13.8. The summed E-state index contributed by atoms with van der Waals surface area (Å²) >= 11 is 0. The lowest BCUT2D eigenvalue weighted by Crippen LogP contribution is -2.19. The smallest absolute Gasteiger partial charge is 0.131 e. The summed E-state index contributed by atoms with van der Waals surface area (Å²) in [4.78, 5) is 0. The van der Waals surface area contributed by atoms with Crippen molar-refractivity contribution in [3.05, 3.63) is 29.6 Å². The lowest BCUT2D eigenvalue weighted by atomic mass is 10.0. The summed E-state index contributed by atoms with van der Waals surface area (Å²) in [7, 11) is 3.35. The Morgan fingerprint density at radius 3 is 2.71 bits per heavy atom. The predicted molar refractivity (Wildman–Crippen MR) is 65.9 cm³/mol. The van der Waals surface area contributed by atoms with Gasteiger partial charge in [0, 0.05) is 30.9 Å². The van der Waals surface area contributed by atoms with Gasteiger partial charge in [-0.25, -0.2) is 4.39 Å². The molecular formula is C13H20FNO2. The maximum atomic E-state index is 13.8. The van der Waals surface area contributed by atoms with Crippen LogP contribution in [0.4, 0.5) is 4.39 Å². The third-order valence-electron chi connectivity index (χ3n) is 2.69. The Balaban J connectivity index is 2.73. The van der Waals surface area contributed by atoms with Gasteiger partial charge < -0.3 is 14.8 Å². The van der Waals surface area contributed by atoms with Gasteiger partial charge in [-0.1, -0.05) is 6.07 Å². The van der Waals surface area contributed by atoms with Crippen molar-refractivity contribution in [2.45, 2.75) is 19.4 Å². The molecule has 0 heterocycles. The highest BCUT2D eigenvalue weighted by Gasteiger charge is 2.14. The van der Waals surface area contributed by atoms with Gasteiger partial charge >= 0.3 is 0 Å². The molecule has 1 atom stereocenters. The van der Waals surface area contributed by atoms with Crippen LogP contribution < -0.4 is 10.1 Å². The first-order chi connectivity index (χ1) is 8.22. The molecule has 0 aliphatic rings. The minimum absolute atomic E-state index is 0.0348. The van der Waals surface area contributed by atoms with Gasteiger partial charge in [-0.15, -0.1) is 0 Å². The monoisotopic (exact) mass is 241 g/mol. The van der Waals surface area contributed by atoms with Crippen LogP contribution in [0, 0.1) is 5.82 Å². The SMILES string of the molecule is CCOCCC(NC)c1ccc(OC)cc1F. The number of hydrogen-bond acceptors (Lipinski definition) is 3. The van der Waals surface area contributed by atoms with E-state index in [1.54, 1.807) is 12.1 Å². The molecule has 1 rings (SSSR count). The summed E-state index contributed by atoms with van der Waals surface area (Å²) < 4.78 is 24.1. The van der Waals surface area contributed by atoms with Crippen molar-refractivity contribution in [1.82, 2.24) is 5.32 Å². The van der Waals surface area contributed by atoms with E-state index in [4.69, 9.17) is 9.47 Å². The maximum Gasteiger partial charge on any atom is 0.131 e. The highest BCUT2D eigenvalue weighted by atomic mass is 19.1. The number of hydrogen-bond donors (Lipinski definition) is 1. The third-order valence-corrected chi connectivity index (χ3v) is 2.69. The van der Waals surface area contributed by atoms with E-state index in [0.717, 1.165) is 6.42 Å². The second-order valence-corrected chi connectivity index (χ2v) is 3.71. The van der Waals surface area contributed by atoms with Crippen molar-refractivity contribution in [2.24, 2.45) is 0 Å². The van der Waals surface area contributed by atoms with Crippen molar-refractivity contribution >= 4 is 0 Å². The Morgan fingerprint density at radius 2 is 2.18 bits per heavy atom. The summed E-state index contributed by atoms with van der Waals surface area (Å²) in [6.07, 6.45) is 0.744. The first-order valence-electron chi connectivity index (χ1n) is 5.81. The molecule has 0 saturated heterocycles.